The number of hydrogen-bond donors (Lipinski definition) is 0. The molecule has 0 bridgehead atoms. The first kappa shape index (κ1) is 15.1. The van der Waals surface area contributed by atoms with Gasteiger partial charge < -0.3 is 14.5 Å². The van der Waals surface area contributed by atoms with Gasteiger partial charge in [-0.2, -0.15) is 0 Å². The third-order valence-electron chi connectivity index (χ3n) is 4.45. The quantitative estimate of drug-likeness (QED) is 0.828. The largest absolute Gasteiger partial charge is 0.488 e. The molecule has 0 aliphatic carbocycles. The number of piperazine rings is 1. The number of carbonyl (C=O) groups excluding carboxylic acids is 1. The number of anilines is 1. The zero-order valence-electron chi connectivity index (χ0n) is 13.4. The summed E-state index contributed by atoms with van der Waals surface area (Å²) in [6.07, 6.45) is 3.46. The van der Waals surface area contributed by atoms with E-state index < -0.39 is 0 Å². The Morgan fingerprint density at radius 1 is 1.27 bits per heavy atom. The van der Waals surface area contributed by atoms with Crippen molar-refractivity contribution in [3.05, 3.63) is 18.5 Å². The topological polar surface area (TPSA) is 48.9 Å². The Bertz CT molecular complexity index is 527. The van der Waals surface area contributed by atoms with Gasteiger partial charge >= 0.3 is 0 Å². The first-order valence-electron chi connectivity index (χ1n) is 7.99. The van der Waals surface area contributed by atoms with E-state index in [0.717, 1.165) is 44.2 Å². The van der Waals surface area contributed by atoms with Gasteiger partial charge in [-0.05, 0) is 19.9 Å². The molecule has 3 heterocycles. The number of nitrogens with zero attached hydrogens (tertiary/aromatic N) is 4. The second-order valence-corrected chi connectivity index (χ2v) is 6.12. The maximum absolute atomic E-state index is 12.6. The van der Waals surface area contributed by atoms with Crippen LogP contribution in [0, 0.1) is 0 Å². The molecule has 6 heteroatoms. The number of carbonyl (C=O) groups is 1. The van der Waals surface area contributed by atoms with E-state index in [9.17, 15) is 4.79 Å². The summed E-state index contributed by atoms with van der Waals surface area (Å²) < 4.78 is 5.59. The van der Waals surface area contributed by atoms with E-state index in [1.54, 1.807) is 12.4 Å². The van der Waals surface area contributed by atoms with Gasteiger partial charge in [-0.15, -0.1) is 0 Å². The van der Waals surface area contributed by atoms with Gasteiger partial charge in [0.05, 0.1) is 25.0 Å². The molecule has 1 aromatic heterocycles. The van der Waals surface area contributed by atoms with Crippen molar-refractivity contribution >= 4 is 11.6 Å². The Morgan fingerprint density at radius 3 is 2.77 bits per heavy atom. The monoisotopic (exact) mass is 304 g/mol. The molecule has 1 fully saturated rings. The molecule has 0 unspecified atom stereocenters. The van der Waals surface area contributed by atoms with E-state index in [1.807, 2.05) is 11.0 Å². The van der Waals surface area contributed by atoms with Crippen LogP contribution < -0.4 is 9.64 Å². The van der Waals surface area contributed by atoms with Crippen LogP contribution in [-0.2, 0) is 4.79 Å². The van der Waals surface area contributed by atoms with Crippen LogP contribution in [0.5, 0.6) is 5.75 Å². The maximum atomic E-state index is 12.6. The van der Waals surface area contributed by atoms with Crippen LogP contribution >= 0.6 is 0 Å². The number of amides is 1. The van der Waals surface area contributed by atoms with Gasteiger partial charge in [0.15, 0.2) is 5.75 Å². The number of ether oxygens (including phenoxy) is 1. The Hall–Kier alpha value is -1.82. The number of pyridine rings is 1. The molecule has 0 spiro atoms. The Morgan fingerprint density at radius 2 is 2.05 bits per heavy atom. The number of hydrogen-bond acceptors (Lipinski definition) is 5. The normalized spacial score (nSPS) is 19.0. The number of fused-ring (bicyclic) bond motifs is 1. The molecule has 2 aliphatic heterocycles. The first-order valence-corrected chi connectivity index (χ1v) is 7.99. The van der Waals surface area contributed by atoms with E-state index >= 15 is 0 Å². The highest BCUT2D eigenvalue weighted by molar-refractivity contribution is 5.82. The Balaban J connectivity index is 1.59. The lowest BCUT2D eigenvalue weighted by Crippen LogP contribution is -2.53. The standard InChI is InChI=1S/C16H24N4O2/c1-13(2)18-5-7-19(8-6-18)16(21)12-20-9-10-22-15-11-17-4-3-14(15)20/h3-4,11,13H,5-10,12H2,1-2H3. The van der Waals surface area contributed by atoms with Crippen molar-refractivity contribution in [1.29, 1.82) is 0 Å². The molecule has 1 saturated heterocycles. The van der Waals surface area contributed by atoms with Crippen molar-refractivity contribution in [2.45, 2.75) is 19.9 Å². The van der Waals surface area contributed by atoms with Crippen LogP contribution in [-0.4, -0.2) is 72.6 Å². The van der Waals surface area contributed by atoms with Crippen LogP contribution in [0.15, 0.2) is 18.5 Å². The Kier molecular flexibility index (Phi) is 4.47. The second-order valence-electron chi connectivity index (χ2n) is 6.12. The van der Waals surface area contributed by atoms with E-state index in [2.05, 4.69) is 28.6 Å². The van der Waals surface area contributed by atoms with Crippen molar-refractivity contribution in [3.8, 4) is 5.75 Å². The minimum Gasteiger partial charge on any atom is -0.488 e. The van der Waals surface area contributed by atoms with Gasteiger partial charge in [-0.1, -0.05) is 0 Å². The fourth-order valence-corrected chi connectivity index (χ4v) is 3.05. The molecule has 0 N–H and O–H groups in total. The molecule has 0 atom stereocenters. The summed E-state index contributed by atoms with van der Waals surface area (Å²) >= 11 is 0. The minimum atomic E-state index is 0.202. The summed E-state index contributed by atoms with van der Waals surface area (Å²) in [5.41, 5.74) is 0.968. The maximum Gasteiger partial charge on any atom is 0.242 e. The van der Waals surface area contributed by atoms with Gasteiger partial charge in [0.25, 0.3) is 0 Å². The van der Waals surface area contributed by atoms with Crippen molar-refractivity contribution in [2.75, 3.05) is 50.8 Å². The molecule has 0 saturated carbocycles. The van der Waals surface area contributed by atoms with Crippen molar-refractivity contribution in [1.82, 2.24) is 14.8 Å². The second kappa shape index (κ2) is 6.52. The minimum absolute atomic E-state index is 0.202. The number of rotatable bonds is 3. The highest BCUT2D eigenvalue weighted by Crippen LogP contribution is 2.29. The summed E-state index contributed by atoms with van der Waals surface area (Å²) in [7, 11) is 0. The first-order chi connectivity index (χ1) is 10.6. The van der Waals surface area contributed by atoms with Crippen LogP contribution in [0.3, 0.4) is 0 Å². The molecule has 1 amide bonds. The van der Waals surface area contributed by atoms with Crippen molar-refractivity contribution in [2.24, 2.45) is 0 Å². The van der Waals surface area contributed by atoms with Crippen LogP contribution in [0.25, 0.3) is 0 Å². The van der Waals surface area contributed by atoms with E-state index in [-0.39, 0.29) is 5.91 Å². The molecular weight excluding hydrogens is 280 g/mol. The summed E-state index contributed by atoms with van der Waals surface area (Å²) in [5.74, 6) is 0.972. The molecule has 0 radical (unpaired) electrons. The lowest BCUT2D eigenvalue weighted by Gasteiger charge is -2.38. The highest BCUT2D eigenvalue weighted by atomic mass is 16.5. The molecule has 6 nitrogen and oxygen atoms in total. The van der Waals surface area contributed by atoms with Crippen LogP contribution in [0.4, 0.5) is 5.69 Å². The van der Waals surface area contributed by atoms with Crippen molar-refractivity contribution in [3.63, 3.8) is 0 Å². The average Bonchev–Trinajstić information content (AvgIpc) is 2.55. The summed E-state index contributed by atoms with van der Waals surface area (Å²) in [4.78, 5) is 23.1. The SMILES string of the molecule is CC(C)N1CCN(C(=O)CN2CCOc3cnccc32)CC1. The summed E-state index contributed by atoms with van der Waals surface area (Å²) in [5, 5.41) is 0. The summed E-state index contributed by atoms with van der Waals surface area (Å²) in [6.45, 7) is 9.76. The van der Waals surface area contributed by atoms with Gasteiger partial charge in [-0.3, -0.25) is 14.7 Å². The predicted molar refractivity (Wildman–Crippen MR) is 85.2 cm³/mol. The fourth-order valence-electron chi connectivity index (χ4n) is 3.05. The van der Waals surface area contributed by atoms with Crippen LogP contribution in [0.2, 0.25) is 0 Å². The molecular formula is C16H24N4O2. The van der Waals surface area contributed by atoms with Gasteiger partial charge in [0.2, 0.25) is 5.91 Å². The lowest BCUT2D eigenvalue weighted by molar-refractivity contribution is -0.131. The molecule has 120 valence electrons. The molecule has 2 aliphatic rings. The Labute approximate surface area is 131 Å². The zero-order valence-corrected chi connectivity index (χ0v) is 13.4. The molecule has 0 aromatic carbocycles. The molecule has 22 heavy (non-hydrogen) atoms. The molecule has 3 rings (SSSR count). The third-order valence-corrected chi connectivity index (χ3v) is 4.45. The fraction of sp³-hybridized carbons (Fsp3) is 0.625. The van der Waals surface area contributed by atoms with E-state index in [1.165, 1.54) is 0 Å². The van der Waals surface area contributed by atoms with E-state index in [4.69, 9.17) is 4.74 Å². The zero-order chi connectivity index (χ0) is 15.5. The van der Waals surface area contributed by atoms with Crippen LogP contribution in [0.1, 0.15) is 13.8 Å². The number of aromatic nitrogens is 1. The van der Waals surface area contributed by atoms with Crippen molar-refractivity contribution < 1.29 is 9.53 Å². The average molecular weight is 304 g/mol. The smallest absolute Gasteiger partial charge is 0.242 e. The summed E-state index contributed by atoms with van der Waals surface area (Å²) in [6, 6.07) is 2.47. The highest BCUT2D eigenvalue weighted by Gasteiger charge is 2.26. The lowest BCUT2D eigenvalue weighted by atomic mass is 10.2. The van der Waals surface area contributed by atoms with Gasteiger partial charge in [0, 0.05) is 38.4 Å². The molecule has 1 aromatic rings. The predicted octanol–water partition coefficient (Wildman–Crippen LogP) is 0.833. The van der Waals surface area contributed by atoms with E-state index in [0.29, 0.717) is 19.2 Å². The van der Waals surface area contributed by atoms with Gasteiger partial charge in [0.1, 0.15) is 6.61 Å². The third kappa shape index (κ3) is 3.16. The van der Waals surface area contributed by atoms with Gasteiger partial charge in [-0.25, -0.2) is 0 Å².